The molecule has 0 saturated carbocycles. The number of aliphatic hydroxyl groups excluding tert-OH is 1. The smallest absolute Gasteiger partial charge is 0.142 e. The van der Waals surface area contributed by atoms with E-state index in [2.05, 4.69) is 0 Å². The lowest BCUT2D eigenvalue weighted by Crippen LogP contribution is -2.37. The van der Waals surface area contributed by atoms with Crippen LogP contribution in [-0.2, 0) is 0 Å². The van der Waals surface area contributed by atoms with Crippen LogP contribution in [0.3, 0.4) is 0 Å². The molecule has 16 heavy (non-hydrogen) atoms. The van der Waals surface area contributed by atoms with Crippen LogP contribution in [0.25, 0.3) is 0 Å². The first-order valence-electron chi connectivity index (χ1n) is 5.12. The zero-order chi connectivity index (χ0) is 12.5. The highest BCUT2D eigenvalue weighted by molar-refractivity contribution is 6.30. The summed E-state index contributed by atoms with van der Waals surface area (Å²) in [6.07, 6.45) is -0.743. The predicted octanol–water partition coefficient (Wildman–Crippen LogP) is 2.89. The van der Waals surface area contributed by atoms with Crippen LogP contribution in [0.2, 0.25) is 5.02 Å². The van der Waals surface area contributed by atoms with E-state index in [1.54, 1.807) is 6.07 Å². The molecule has 1 rings (SSSR count). The Morgan fingerprint density at radius 2 is 1.94 bits per heavy atom. The van der Waals surface area contributed by atoms with Gasteiger partial charge in [0.15, 0.2) is 0 Å². The molecule has 1 aromatic carbocycles. The first kappa shape index (κ1) is 13.4. The minimum atomic E-state index is -0.743. The van der Waals surface area contributed by atoms with Crippen LogP contribution in [0.15, 0.2) is 18.2 Å². The molecule has 0 aliphatic heterocycles. The summed E-state index contributed by atoms with van der Waals surface area (Å²) < 4.78 is 13.2. The first-order chi connectivity index (χ1) is 7.23. The van der Waals surface area contributed by atoms with E-state index < -0.39 is 18.0 Å². The SMILES string of the molecule is CC(C)(C)[C@H](O)[C@H](N)c1ccc(Cl)c(F)c1. The van der Waals surface area contributed by atoms with Crippen LogP contribution in [0.1, 0.15) is 32.4 Å². The molecule has 0 bridgehead atoms. The first-order valence-corrected chi connectivity index (χ1v) is 5.50. The molecule has 3 N–H and O–H groups in total. The van der Waals surface area contributed by atoms with Crippen LogP contribution in [0, 0.1) is 11.2 Å². The van der Waals surface area contributed by atoms with Crippen molar-refractivity contribution in [3.05, 3.63) is 34.6 Å². The number of nitrogens with two attached hydrogens (primary N) is 1. The molecular formula is C12H17ClFNO. The number of aliphatic hydroxyl groups is 1. The maximum atomic E-state index is 13.2. The van der Waals surface area contributed by atoms with Crippen molar-refractivity contribution < 1.29 is 9.50 Å². The van der Waals surface area contributed by atoms with Crippen molar-refractivity contribution in [2.75, 3.05) is 0 Å². The van der Waals surface area contributed by atoms with Gasteiger partial charge in [0, 0.05) is 0 Å². The highest BCUT2D eigenvalue weighted by Crippen LogP contribution is 2.29. The van der Waals surface area contributed by atoms with Crippen LogP contribution < -0.4 is 5.73 Å². The zero-order valence-corrected chi connectivity index (χ0v) is 10.4. The normalized spacial score (nSPS) is 15.9. The lowest BCUT2D eigenvalue weighted by Gasteiger charge is -2.31. The fraction of sp³-hybridized carbons (Fsp3) is 0.500. The van der Waals surface area contributed by atoms with Crippen LogP contribution in [0.5, 0.6) is 0 Å². The second kappa shape index (κ2) is 4.70. The van der Waals surface area contributed by atoms with Crippen molar-refractivity contribution in [3.63, 3.8) is 0 Å². The molecule has 0 saturated heterocycles. The van der Waals surface area contributed by atoms with E-state index in [1.807, 2.05) is 20.8 Å². The molecule has 0 aromatic heterocycles. The van der Waals surface area contributed by atoms with Crippen molar-refractivity contribution >= 4 is 11.6 Å². The number of rotatable bonds is 2. The van der Waals surface area contributed by atoms with Gasteiger partial charge in [0.2, 0.25) is 0 Å². The highest BCUT2D eigenvalue weighted by Gasteiger charge is 2.29. The number of hydrogen-bond donors (Lipinski definition) is 2. The van der Waals surface area contributed by atoms with Gasteiger partial charge in [0.05, 0.1) is 17.2 Å². The number of halogens is 2. The molecule has 0 heterocycles. The predicted molar refractivity (Wildman–Crippen MR) is 63.8 cm³/mol. The molecule has 0 radical (unpaired) electrons. The van der Waals surface area contributed by atoms with E-state index in [0.717, 1.165) is 0 Å². The van der Waals surface area contributed by atoms with E-state index in [1.165, 1.54) is 12.1 Å². The molecule has 0 aliphatic carbocycles. The lowest BCUT2D eigenvalue weighted by atomic mass is 9.82. The summed E-state index contributed by atoms with van der Waals surface area (Å²) in [5.41, 5.74) is 6.08. The molecular weight excluding hydrogens is 229 g/mol. The van der Waals surface area contributed by atoms with Gasteiger partial charge in [-0.25, -0.2) is 4.39 Å². The Morgan fingerprint density at radius 3 is 2.38 bits per heavy atom. The summed E-state index contributed by atoms with van der Waals surface area (Å²) in [4.78, 5) is 0. The van der Waals surface area contributed by atoms with Crippen molar-refractivity contribution in [2.24, 2.45) is 11.1 Å². The highest BCUT2D eigenvalue weighted by atomic mass is 35.5. The fourth-order valence-electron chi connectivity index (χ4n) is 1.44. The second-order valence-corrected chi connectivity index (χ2v) is 5.42. The molecule has 4 heteroatoms. The summed E-state index contributed by atoms with van der Waals surface area (Å²) in [5, 5.41) is 10.0. The van der Waals surface area contributed by atoms with Crippen LogP contribution >= 0.6 is 11.6 Å². The van der Waals surface area contributed by atoms with E-state index >= 15 is 0 Å². The molecule has 1 aromatic rings. The number of benzene rings is 1. The maximum absolute atomic E-state index is 13.2. The van der Waals surface area contributed by atoms with Crippen LogP contribution in [-0.4, -0.2) is 11.2 Å². The summed E-state index contributed by atoms with van der Waals surface area (Å²) in [5.74, 6) is -0.518. The summed E-state index contributed by atoms with van der Waals surface area (Å²) in [7, 11) is 0. The quantitative estimate of drug-likeness (QED) is 0.842. The Balaban J connectivity index is 2.97. The lowest BCUT2D eigenvalue weighted by molar-refractivity contribution is 0.0400. The minimum Gasteiger partial charge on any atom is -0.391 e. The third kappa shape index (κ3) is 2.94. The van der Waals surface area contributed by atoms with Gasteiger partial charge in [-0.2, -0.15) is 0 Å². The van der Waals surface area contributed by atoms with Gasteiger partial charge in [-0.3, -0.25) is 0 Å². The van der Waals surface area contributed by atoms with Crippen molar-refractivity contribution in [2.45, 2.75) is 32.9 Å². The molecule has 0 aliphatic rings. The van der Waals surface area contributed by atoms with Gasteiger partial charge in [0.1, 0.15) is 5.82 Å². The van der Waals surface area contributed by atoms with E-state index in [-0.39, 0.29) is 10.4 Å². The summed E-state index contributed by atoms with van der Waals surface area (Å²) in [6, 6.07) is 3.72. The van der Waals surface area contributed by atoms with Crippen molar-refractivity contribution in [1.29, 1.82) is 0 Å². The Bertz CT molecular complexity index is 376. The molecule has 0 amide bonds. The topological polar surface area (TPSA) is 46.2 Å². The molecule has 2 nitrogen and oxygen atoms in total. The van der Waals surface area contributed by atoms with Gasteiger partial charge in [-0.15, -0.1) is 0 Å². The Hall–Kier alpha value is -0.640. The minimum absolute atomic E-state index is 0.0567. The van der Waals surface area contributed by atoms with Crippen molar-refractivity contribution in [3.8, 4) is 0 Å². The molecule has 2 atom stereocenters. The number of hydrogen-bond acceptors (Lipinski definition) is 2. The van der Waals surface area contributed by atoms with E-state index in [0.29, 0.717) is 5.56 Å². The summed E-state index contributed by atoms with van der Waals surface area (Å²) in [6.45, 7) is 5.64. The average molecular weight is 246 g/mol. The van der Waals surface area contributed by atoms with E-state index in [9.17, 15) is 9.50 Å². The van der Waals surface area contributed by atoms with Crippen molar-refractivity contribution in [1.82, 2.24) is 0 Å². The van der Waals surface area contributed by atoms with E-state index in [4.69, 9.17) is 17.3 Å². The molecule has 0 fully saturated rings. The summed E-state index contributed by atoms with van der Waals surface area (Å²) >= 11 is 5.58. The zero-order valence-electron chi connectivity index (χ0n) is 9.67. The Morgan fingerprint density at radius 1 is 1.38 bits per heavy atom. The molecule has 0 spiro atoms. The molecule has 90 valence electrons. The molecule has 0 unspecified atom stereocenters. The maximum Gasteiger partial charge on any atom is 0.142 e. The van der Waals surface area contributed by atoms with Gasteiger partial charge in [0.25, 0.3) is 0 Å². The van der Waals surface area contributed by atoms with Gasteiger partial charge < -0.3 is 10.8 Å². The van der Waals surface area contributed by atoms with Gasteiger partial charge in [-0.1, -0.05) is 38.4 Å². The van der Waals surface area contributed by atoms with Gasteiger partial charge in [-0.05, 0) is 23.1 Å². The van der Waals surface area contributed by atoms with Crippen LogP contribution in [0.4, 0.5) is 4.39 Å². The third-order valence-electron chi connectivity index (χ3n) is 2.56. The fourth-order valence-corrected chi connectivity index (χ4v) is 1.56. The van der Waals surface area contributed by atoms with Gasteiger partial charge >= 0.3 is 0 Å². The largest absolute Gasteiger partial charge is 0.391 e. The Labute approximate surface area is 100 Å². The third-order valence-corrected chi connectivity index (χ3v) is 2.86. The second-order valence-electron chi connectivity index (χ2n) is 5.01. The Kier molecular flexibility index (Phi) is 3.94. The standard InChI is InChI=1S/C12H17ClFNO/c1-12(2,3)11(16)10(15)7-4-5-8(13)9(14)6-7/h4-6,10-11,16H,15H2,1-3H3/t10-,11-/m1/s1. The monoisotopic (exact) mass is 245 g/mol. The average Bonchev–Trinajstić information content (AvgIpc) is 2.18.